The number of ether oxygens (including phenoxy) is 1. The molecule has 0 saturated carbocycles. The Morgan fingerprint density at radius 2 is 1.90 bits per heavy atom. The third-order valence-electron chi connectivity index (χ3n) is 4.43. The van der Waals surface area contributed by atoms with Crippen molar-refractivity contribution in [1.82, 2.24) is 10.2 Å². The second-order valence-electron chi connectivity index (χ2n) is 5.65. The van der Waals surface area contributed by atoms with E-state index >= 15 is 0 Å². The Labute approximate surface area is 144 Å². The minimum Gasteiger partial charge on any atom is -0.381 e. The number of piperazine rings is 1. The summed E-state index contributed by atoms with van der Waals surface area (Å²) in [7, 11) is 0. The summed E-state index contributed by atoms with van der Waals surface area (Å²) in [5, 5.41) is 5.72. The van der Waals surface area contributed by atoms with Crippen molar-refractivity contribution >= 4 is 36.2 Å². The second-order valence-corrected chi connectivity index (χ2v) is 6.60. The smallest absolute Gasteiger partial charge is 0.0475 e. The van der Waals surface area contributed by atoms with Crippen molar-refractivity contribution in [2.45, 2.75) is 25.8 Å². The molecule has 0 aliphatic carbocycles. The number of nitrogens with one attached hydrogen (secondary N) is 1. The summed E-state index contributed by atoms with van der Waals surface area (Å²) in [5.74, 6) is 0.768. The van der Waals surface area contributed by atoms with Gasteiger partial charge in [0.05, 0.1) is 0 Å². The predicted octanol–water partition coefficient (Wildman–Crippen LogP) is 3.27. The molecule has 3 rings (SSSR count). The van der Waals surface area contributed by atoms with Crippen LogP contribution in [0, 0.1) is 12.8 Å². The monoisotopic (exact) mass is 352 g/mol. The summed E-state index contributed by atoms with van der Waals surface area (Å²) in [6.07, 6.45) is 2.43. The molecule has 1 N–H and O–H groups in total. The highest BCUT2D eigenvalue weighted by Gasteiger charge is 2.32. The average Bonchev–Trinajstić information content (AvgIpc) is 2.88. The molecule has 0 spiro atoms. The highest BCUT2D eigenvalue weighted by molar-refractivity contribution is 7.10. The van der Waals surface area contributed by atoms with Crippen LogP contribution in [-0.4, -0.2) is 44.3 Å². The molecule has 1 aromatic heterocycles. The summed E-state index contributed by atoms with van der Waals surface area (Å²) in [5.41, 5.74) is 1.47. The molecule has 1 aromatic rings. The lowest BCUT2D eigenvalue weighted by Gasteiger charge is -2.40. The predicted molar refractivity (Wildman–Crippen MR) is 94.3 cm³/mol. The van der Waals surface area contributed by atoms with Crippen LogP contribution in [0.1, 0.15) is 29.3 Å². The normalized spacial score (nSPS) is 22.1. The minimum absolute atomic E-state index is 0. The van der Waals surface area contributed by atoms with Gasteiger partial charge < -0.3 is 10.1 Å². The Balaban J connectivity index is 0.00000110. The second kappa shape index (κ2) is 9.33. The first kappa shape index (κ1) is 19.2. The molecule has 2 saturated heterocycles. The van der Waals surface area contributed by atoms with E-state index in [0.29, 0.717) is 6.04 Å². The molecule has 0 unspecified atom stereocenters. The fraction of sp³-hybridized carbons (Fsp3) is 0.733. The standard InChI is InChI=1S/C15H24N2OS.2ClH/c1-12-4-11-19-15(12)14(13-2-9-18-10-3-13)17-7-5-16-6-8-17;;/h4,11,13-14,16H,2-3,5-10H2,1H3;2*1H/t14-;;/m1../s1. The third kappa shape index (κ3) is 4.57. The zero-order chi connectivity index (χ0) is 13.1. The van der Waals surface area contributed by atoms with E-state index in [4.69, 9.17) is 4.74 Å². The molecule has 0 amide bonds. The number of hydrogen-bond donors (Lipinski definition) is 1. The molecule has 0 radical (unpaired) electrons. The highest BCUT2D eigenvalue weighted by Crippen LogP contribution is 2.39. The zero-order valence-corrected chi connectivity index (χ0v) is 15.0. The van der Waals surface area contributed by atoms with E-state index in [0.717, 1.165) is 32.2 Å². The number of hydrogen-bond acceptors (Lipinski definition) is 4. The van der Waals surface area contributed by atoms with Crippen LogP contribution < -0.4 is 5.32 Å². The first-order chi connectivity index (χ1) is 9.36. The van der Waals surface area contributed by atoms with Crippen molar-refractivity contribution in [2.75, 3.05) is 39.4 Å². The van der Waals surface area contributed by atoms with E-state index < -0.39 is 0 Å². The van der Waals surface area contributed by atoms with Gasteiger partial charge >= 0.3 is 0 Å². The molecule has 122 valence electrons. The van der Waals surface area contributed by atoms with Crippen LogP contribution >= 0.6 is 36.2 Å². The van der Waals surface area contributed by atoms with Crippen molar-refractivity contribution in [1.29, 1.82) is 0 Å². The van der Waals surface area contributed by atoms with Crippen molar-refractivity contribution in [3.8, 4) is 0 Å². The van der Waals surface area contributed by atoms with Crippen molar-refractivity contribution in [2.24, 2.45) is 5.92 Å². The quantitative estimate of drug-likeness (QED) is 0.903. The van der Waals surface area contributed by atoms with Crippen LogP contribution in [0.2, 0.25) is 0 Å². The zero-order valence-electron chi connectivity index (χ0n) is 12.5. The first-order valence-corrected chi connectivity index (χ1v) is 8.31. The molecular weight excluding hydrogens is 327 g/mol. The minimum atomic E-state index is 0. The van der Waals surface area contributed by atoms with Crippen LogP contribution in [0.25, 0.3) is 0 Å². The van der Waals surface area contributed by atoms with E-state index in [1.165, 1.54) is 31.5 Å². The van der Waals surface area contributed by atoms with Crippen molar-refractivity contribution in [3.63, 3.8) is 0 Å². The number of nitrogens with zero attached hydrogens (tertiary/aromatic N) is 1. The van der Waals surface area contributed by atoms with Crippen LogP contribution in [0.15, 0.2) is 11.4 Å². The van der Waals surface area contributed by atoms with Gasteiger partial charge in [-0.15, -0.1) is 36.2 Å². The van der Waals surface area contributed by atoms with Gasteiger partial charge in [0.2, 0.25) is 0 Å². The van der Waals surface area contributed by atoms with E-state index in [2.05, 4.69) is 28.6 Å². The van der Waals surface area contributed by atoms with Gasteiger partial charge in [-0.2, -0.15) is 0 Å². The van der Waals surface area contributed by atoms with Crippen LogP contribution in [0.4, 0.5) is 0 Å². The first-order valence-electron chi connectivity index (χ1n) is 7.43. The van der Waals surface area contributed by atoms with Gasteiger partial charge in [0, 0.05) is 50.3 Å². The van der Waals surface area contributed by atoms with Gasteiger partial charge in [-0.1, -0.05) is 0 Å². The summed E-state index contributed by atoms with van der Waals surface area (Å²) in [4.78, 5) is 4.29. The Morgan fingerprint density at radius 1 is 1.24 bits per heavy atom. The van der Waals surface area contributed by atoms with Gasteiger partial charge in [-0.3, -0.25) is 4.90 Å². The Hall–Kier alpha value is 0.160. The number of aryl methyl sites for hydroxylation is 1. The largest absolute Gasteiger partial charge is 0.381 e. The fourth-order valence-electron chi connectivity index (χ4n) is 3.36. The highest BCUT2D eigenvalue weighted by atomic mass is 35.5. The molecule has 3 heterocycles. The van der Waals surface area contributed by atoms with Gasteiger partial charge in [-0.25, -0.2) is 0 Å². The topological polar surface area (TPSA) is 24.5 Å². The SMILES string of the molecule is Cc1ccsc1[C@@H](C1CCOCC1)N1CCNCC1.Cl.Cl. The number of halogens is 2. The van der Waals surface area contributed by atoms with Crippen molar-refractivity contribution < 1.29 is 4.74 Å². The molecular formula is C15H26Cl2N2OS. The maximum atomic E-state index is 5.56. The lowest BCUT2D eigenvalue weighted by molar-refractivity contribution is 0.0222. The molecule has 2 fully saturated rings. The summed E-state index contributed by atoms with van der Waals surface area (Å²) >= 11 is 1.94. The van der Waals surface area contributed by atoms with E-state index in [1.54, 1.807) is 4.88 Å². The van der Waals surface area contributed by atoms with E-state index in [1.807, 2.05) is 11.3 Å². The third-order valence-corrected chi connectivity index (χ3v) is 5.52. The molecule has 2 aliphatic rings. The lowest BCUT2D eigenvalue weighted by Crippen LogP contribution is -2.47. The Morgan fingerprint density at radius 3 is 2.48 bits per heavy atom. The lowest BCUT2D eigenvalue weighted by atomic mass is 9.88. The average molecular weight is 353 g/mol. The molecule has 21 heavy (non-hydrogen) atoms. The maximum absolute atomic E-state index is 5.56. The Kier molecular flexibility index (Phi) is 8.54. The molecule has 0 bridgehead atoms. The maximum Gasteiger partial charge on any atom is 0.0475 e. The summed E-state index contributed by atoms with van der Waals surface area (Å²) < 4.78 is 5.56. The summed E-state index contributed by atoms with van der Waals surface area (Å²) in [6, 6.07) is 2.89. The number of thiophene rings is 1. The Bertz CT molecular complexity index is 386. The molecule has 6 heteroatoms. The molecule has 0 aromatic carbocycles. The fourth-order valence-corrected chi connectivity index (χ4v) is 4.51. The molecule has 1 atom stereocenters. The van der Waals surface area contributed by atoms with Gasteiger partial charge in [0.1, 0.15) is 0 Å². The molecule has 3 nitrogen and oxygen atoms in total. The van der Waals surface area contributed by atoms with Crippen molar-refractivity contribution in [3.05, 3.63) is 21.9 Å². The van der Waals surface area contributed by atoms with Gasteiger partial charge in [0.15, 0.2) is 0 Å². The van der Waals surface area contributed by atoms with Crippen LogP contribution in [-0.2, 0) is 4.74 Å². The van der Waals surface area contributed by atoms with E-state index in [-0.39, 0.29) is 24.8 Å². The van der Waals surface area contributed by atoms with Crippen LogP contribution in [0.3, 0.4) is 0 Å². The molecule has 2 aliphatic heterocycles. The van der Waals surface area contributed by atoms with Crippen LogP contribution in [0.5, 0.6) is 0 Å². The van der Waals surface area contributed by atoms with E-state index in [9.17, 15) is 0 Å². The van der Waals surface area contributed by atoms with Gasteiger partial charge in [-0.05, 0) is 42.7 Å². The summed E-state index contributed by atoms with van der Waals surface area (Å²) in [6.45, 7) is 8.77. The number of rotatable bonds is 3. The van der Waals surface area contributed by atoms with Gasteiger partial charge in [0.25, 0.3) is 0 Å².